The van der Waals surface area contributed by atoms with Crippen molar-refractivity contribution in [1.82, 2.24) is 9.47 Å². The van der Waals surface area contributed by atoms with Crippen molar-refractivity contribution in [2.45, 2.75) is 0 Å². The number of anilines is 1. The normalized spacial score (nSPS) is 15.9. The molecule has 0 spiro atoms. The maximum absolute atomic E-state index is 12.4. The van der Waals surface area contributed by atoms with Crippen LogP contribution in [0.1, 0.15) is 5.69 Å². The van der Waals surface area contributed by atoms with Gasteiger partial charge in [-0.05, 0) is 54.2 Å². The van der Waals surface area contributed by atoms with Gasteiger partial charge in [0, 0.05) is 43.9 Å². The summed E-state index contributed by atoms with van der Waals surface area (Å²) in [5, 5.41) is -0.260. The van der Waals surface area contributed by atoms with E-state index in [0.717, 1.165) is 28.8 Å². The first-order chi connectivity index (χ1) is 12.0. The largest absolute Gasteiger partial charge is 0.378 e. The molecule has 0 atom stereocenters. The molecule has 2 aromatic rings. The van der Waals surface area contributed by atoms with Crippen molar-refractivity contribution in [3.8, 4) is 5.69 Å². The van der Waals surface area contributed by atoms with E-state index in [1.807, 2.05) is 66.2 Å². The van der Waals surface area contributed by atoms with Gasteiger partial charge in [-0.25, -0.2) is 0 Å². The molecule has 1 aliphatic rings. The second-order valence-electron chi connectivity index (χ2n) is 5.79. The molecule has 0 unspecified atom stereocenters. The Bertz CT molecular complexity index is 850. The molecule has 5 nitrogen and oxygen atoms in total. The van der Waals surface area contributed by atoms with E-state index in [-0.39, 0.29) is 17.7 Å². The zero-order valence-electron chi connectivity index (χ0n) is 14.2. The van der Waals surface area contributed by atoms with Crippen LogP contribution in [0.2, 0.25) is 0 Å². The summed E-state index contributed by atoms with van der Waals surface area (Å²) < 4.78 is 1.99. The van der Waals surface area contributed by atoms with Gasteiger partial charge >= 0.3 is 0 Å². The molecule has 128 valence electrons. The lowest BCUT2D eigenvalue weighted by Gasteiger charge is -2.14. The predicted molar refractivity (Wildman–Crippen MR) is 103 cm³/mol. The fourth-order valence-electron chi connectivity index (χ4n) is 2.58. The van der Waals surface area contributed by atoms with Gasteiger partial charge in [-0.2, -0.15) is 0 Å². The number of hydrogen-bond acceptors (Lipinski definition) is 4. The summed E-state index contributed by atoms with van der Waals surface area (Å²) in [4.78, 5) is 28.0. The topological polar surface area (TPSA) is 45.6 Å². The summed E-state index contributed by atoms with van der Waals surface area (Å²) >= 11 is 0.961. The van der Waals surface area contributed by atoms with Crippen molar-refractivity contribution in [3.05, 3.63) is 65.8 Å². The third kappa shape index (κ3) is 3.39. The molecule has 2 amide bonds. The molecule has 6 heteroatoms. The van der Waals surface area contributed by atoms with E-state index in [9.17, 15) is 9.59 Å². The van der Waals surface area contributed by atoms with E-state index in [2.05, 4.69) is 6.58 Å². The number of nitrogens with zero attached hydrogens (tertiary/aromatic N) is 3. The standard InChI is InChI=1S/C19H19N3O2S/c1-4-11-22-18(23)17(25-19(22)24)13-16-6-5-12-21(16)15-9-7-14(8-10-15)20(2)3/h4-10,12-13H,1,11H2,2-3H3/b17-13-. The molecule has 0 N–H and O–H groups in total. The average molecular weight is 353 g/mol. The van der Waals surface area contributed by atoms with Gasteiger partial charge in [-0.15, -0.1) is 6.58 Å². The highest BCUT2D eigenvalue weighted by Gasteiger charge is 2.34. The molecule has 0 radical (unpaired) electrons. The summed E-state index contributed by atoms with van der Waals surface area (Å²) in [7, 11) is 3.99. The second kappa shape index (κ2) is 7.03. The molecule has 0 aliphatic carbocycles. The van der Waals surface area contributed by atoms with Gasteiger partial charge in [0.25, 0.3) is 11.1 Å². The highest BCUT2D eigenvalue weighted by Crippen LogP contribution is 2.32. The molecular formula is C19H19N3O2S. The zero-order valence-corrected chi connectivity index (χ0v) is 15.0. The van der Waals surface area contributed by atoms with E-state index in [0.29, 0.717) is 4.91 Å². The van der Waals surface area contributed by atoms with Gasteiger partial charge < -0.3 is 9.47 Å². The molecular weight excluding hydrogens is 334 g/mol. The van der Waals surface area contributed by atoms with Crippen LogP contribution in [0.15, 0.2) is 60.2 Å². The lowest BCUT2D eigenvalue weighted by molar-refractivity contribution is -0.122. The van der Waals surface area contributed by atoms with Crippen LogP contribution in [0.4, 0.5) is 10.5 Å². The minimum Gasteiger partial charge on any atom is -0.378 e. The van der Waals surface area contributed by atoms with Crippen molar-refractivity contribution in [2.75, 3.05) is 25.5 Å². The summed E-state index contributed by atoms with van der Waals surface area (Å²) in [6.07, 6.45) is 5.24. The van der Waals surface area contributed by atoms with Crippen LogP contribution in [0.5, 0.6) is 0 Å². The molecule has 0 saturated carbocycles. The number of thioether (sulfide) groups is 1. The van der Waals surface area contributed by atoms with E-state index < -0.39 is 0 Å². The van der Waals surface area contributed by atoms with Crippen LogP contribution < -0.4 is 4.90 Å². The molecule has 1 aliphatic heterocycles. The molecule has 1 fully saturated rings. The third-order valence-corrected chi connectivity index (χ3v) is 4.80. The van der Waals surface area contributed by atoms with Crippen molar-refractivity contribution < 1.29 is 9.59 Å². The number of imide groups is 1. The maximum atomic E-state index is 12.4. The van der Waals surface area contributed by atoms with Gasteiger partial charge in [0.15, 0.2) is 0 Å². The van der Waals surface area contributed by atoms with Gasteiger partial charge in [-0.1, -0.05) is 6.08 Å². The zero-order chi connectivity index (χ0) is 18.0. The van der Waals surface area contributed by atoms with Crippen LogP contribution >= 0.6 is 11.8 Å². The first kappa shape index (κ1) is 17.1. The minimum atomic E-state index is -0.273. The Labute approximate surface area is 151 Å². The highest BCUT2D eigenvalue weighted by molar-refractivity contribution is 8.18. The fraction of sp³-hybridized carbons (Fsp3) is 0.158. The first-order valence-corrected chi connectivity index (χ1v) is 8.64. The highest BCUT2D eigenvalue weighted by atomic mass is 32.2. The second-order valence-corrected chi connectivity index (χ2v) is 6.79. The monoisotopic (exact) mass is 353 g/mol. The number of aromatic nitrogens is 1. The molecule has 1 saturated heterocycles. The quantitative estimate of drug-likeness (QED) is 0.606. The Morgan fingerprint density at radius 1 is 1.16 bits per heavy atom. The Balaban J connectivity index is 1.91. The Morgan fingerprint density at radius 3 is 2.52 bits per heavy atom. The van der Waals surface area contributed by atoms with Crippen molar-refractivity contribution in [2.24, 2.45) is 0 Å². The van der Waals surface area contributed by atoms with Crippen LogP contribution in [-0.2, 0) is 4.79 Å². The van der Waals surface area contributed by atoms with Crippen LogP contribution in [0, 0.1) is 0 Å². The predicted octanol–water partition coefficient (Wildman–Crippen LogP) is 3.77. The van der Waals surface area contributed by atoms with E-state index >= 15 is 0 Å². The van der Waals surface area contributed by atoms with Crippen molar-refractivity contribution in [1.29, 1.82) is 0 Å². The first-order valence-electron chi connectivity index (χ1n) is 7.82. The van der Waals surface area contributed by atoms with E-state index in [1.54, 1.807) is 12.2 Å². The van der Waals surface area contributed by atoms with Crippen molar-refractivity contribution >= 4 is 34.7 Å². The van der Waals surface area contributed by atoms with Crippen LogP contribution in [0.25, 0.3) is 11.8 Å². The molecule has 1 aromatic carbocycles. The number of rotatable bonds is 5. The Morgan fingerprint density at radius 2 is 1.88 bits per heavy atom. The smallest absolute Gasteiger partial charge is 0.293 e. The van der Waals surface area contributed by atoms with Gasteiger partial charge in [0.2, 0.25) is 0 Å². The number of carbonyl (C=O) groups excluding carboxylic acids is 2. The average Bonchev–Trinajstić information content (AvgIpc) is 3.16. The molecule has 2 heterocycles. The summed E-state index contributed by atoms with van der Waals surface area (Å²) in [5.41, 5.74) is 2.96. The lowest BCUT2D eigenvalue weighted by Crippen LogP contribution is -2.27. The molecule has 0 bridgehead atoms. The molecule has 3 rings (SSSR count). The number of hydrogen-bond donors (Lipinski definition) is 0. The summed E-state index contributed by atoms with van der Waals surface area (Å²) in [6, 6.07) is 12.0. The number of amides is 2. The fourth-order valence-corrected chi connectivity index (χ4v) is 3.41. The summed E-state index contributed by atoms with van der Waals surface area (Å²) in [5.74, 6) is -0.273. The Hall–Kier alpha value is -2.73. The van der Waals surface area contributed by atoms with Crippen molar-refractivity contribution in [3.63, 3.8) is 0 Å². The summed E-state index contributed by atoms with van der Waals surface area (Å²) in [6.45, 7) is 3.82. The molecule has 25 heavy (non-hydrogen) atoms. The Kier molecular flexibility index (Phi) is 4.81. The van der Waals surface area contributed by atoms with Gasteiger partial charge in [0.1, 0.15) is 0 Å². The van der Waals surface area contributed by atoms with Gasteiger partial charge in [-0.3, -0.25) is 14.5 Å². The minimum absolute atomic E-state index is 0.231. The number of benzene rings is 1. The van der Waals surface area contributed by atoms with Crippen LogP contribution in [-0.4, -0.2) is 41.3 Å². The van der Waals surface area contributed by atoms with E-state index in [1.165, 1.54) is 4.90 Å². The molecule has 1 aromatic heterocycles. The number of carbonyl (C=O) groups is 2. The van der Waals surface area contributed by atoms with Crippen LogP contribution in [0.3, 0.4) is 0 Å². The lowest BCUT2D eigenvalue weighted by atomic mass is 10.2. The maximum Gasteiger partial charge on any atom is 0.293 e. The third-order valence-electron chi connectivity index (χ3n) is 3.89. The SMILES string of the molecule is C=CCN1C(=O)S/C(=C\c2cccn2-c2ccc(N(C)C)cc2)C1=O. The van der Waals surface area contributed by atoms with Gasteiger partial charge in [0.05, 0.1) is 4.91 Å². The van der Waals surface area contributed by atoms with E-state index in [4.69, 9.17) is 0 Å².